The maximum atomic E-state index is 11.4. The molecule has 0 fully saturated rings. The van der Waals surface area contributed by atoms with Crippen molar-refractivity contribution in [3.05, 3.63) is 35.7 Å². The van der Waals surface area contributed by atoms with Gasteiger partial charge in [-0.2, -0.15) is 4.98 Å². The van der Waals surface area contributed by atoms with Crippen LogP contribution in [0.1, 0.15) is 23.0 Å². The second kappa shape index (κ2) is 5.43. The van der Waals surface area contributed by atoms with Crippen LogP contribution in [0.2, 0.25) is 0 Å². The fourth-order valence-corrected chi connectivity index (χ4v) is 1.44. The predicted molar refractivity (Wildman–Crippen MR) is 68.1 cm³/mol. The molecule has 0 unspecified atom stereocenters. The van der Waals surface area contributed by atoms with Gasteiger partial charge in [0.1, 0.15) is 6.26 Å². The topological polar surface area (TPSA) is 87.6 Å². The molecule has 2 aromatic rings. The van der Waals surface area contributed by atoms with Crippen LogP contribution in [-0.4, -0.2) is 17.6 Å². The Labute approximate surface area is 110 Å². The summed E-state index contributed by atoms with van der Waals surface area (Å²) in [6.45, 7) is 3.84. The number of nitrogens with two attached hydrogens (primary N) is 1. The minimum atomic E-state index is -0.557. The first kappa shape index (κ1) is 12.9. The van der Waals surface area contributed by atoms with Crippen LogP contribution >= 0.6 is 0 Å². The predicted octanol–water partition coefficient (Wildman–Crippen LogP) is 2.53. The van der Waals surface area contributed by atoms with Crippen LogP contribution < -0.4 is 10.5 Å². The van der Waals surface area contributed by atoms with Gasteiger partial charge in [-0.05, 0) is 25.5 Å². The first-order valence-corrected chi connectivity index (χ1v) is 5.77. The maximum Gasteiger partial charge on any atom is 0.399 e. The van der Waals surface area contributed by atoms with Crippen molar-refractivity contribution in [2.75, 3.05) is 12.3 Å². The van der Waals surface area contributed by atoms with Crippen molar-refractivity contribution in [1.82, 2.24) is 4.98 Å². The van der Waals surface area contributed by atoms with E-state index in [1.807, 2.05) is 13.0 Å². The zero-order valence-corrected chi connectivity index (χ0v) is 10.7. The van der Waals surface area contributed by atoms with Crippen molar-refractivity contribution in [2.45, 2.75) is 13.8 Å². The average molecular weight is 262 g/mol. The van der Waals surface area contributed by atoms with Gasteiger partial charge in [-0.15, -0.1) is 0 Å². The molecule has 0 aliphatic carbocycles. The number of oxazole rings is 1. The number of rotatable bonds is 4. The summed E-state index contributed by atoms with van der Waals surface area (Å²) in [6, 6.07) is 5.36. The van der Waals surface area contributed by atoms with E-state index in [9.17, 15) is 4.79 Å². The van der Waals surface area contributed by atoms with Crippen LogP contribution in [0.3, 0.4) is 0 Å². The molecule has 1 aromatic carbocycles. The fourth-order valence-electron chi connectivity index (χ4n) is 1.44. The lowest BCUT2D eigenvalue weighted by Crippen LogP contribution is -2.04. The number of carbonyl (C=O) groups is 1. The van der Waals surface area contributed by atoms with Crippen molar-refractivity contribution < 1.29 is 18.7 Å². The van der Waals surface area contributed by atoms with Gasteiger partial charge in [0.2, 0.25) is 0 Å². The molecule has 100 valence electrons. The van der Waals surface area contributed by atoms with Gasteiger partial charge in [0.15, 0.2) is 11.4 Å². The zero-order valence-electron chi connectivity index (χ0n) is 10.7. The summed E-state index contributed by atoms with van der Waals surface area (Å²) >= 11 is 0. The van der Waals surface area contributed by atoms with E-state index >= 15 is 0 Å². The van der Waals surface area contributed by atoms with Crippen LogP contribution in [0, 0.1) is 6.92 Å². The lowest BCUT2D eigenvalue weighted by atomic mass is 10.2. The summed E-state index contributed by atoms with van der Waals surface area (Å²) < 4.78 is 15.2. The number of ether oxygens (including phenoxy) is 2. The number of esters is 1. The molecule has 1 aromatic heterocycles. The van der Waals surface area contributed by atoms with E-state index < -0.39 is 5.97 Å². The first-order chi connectivity index (χ1) is 9.11. The third-order valence-corrected chi connectivity index (χ3v) is 2.45. The Morgan fingerprint density at radius 3 is 3.00 bits per heavy atom. The molecule has 2 rings (SSSR count). The number of nitrogens with zero attached hydrogens (tertiary/aromatic N) is 1. The Morgan fingerprint density at radius 2 is 2.26 bits per heavy atom. The molecule has 0 aliphatic heterocycles. The van der Waals surface area contributed by atoms with Crippen molar-refractivity contribution in [3.63, 3.8) is 0 Å². The van der Waals surface area contributed by atoms with Crippen LogP contribution in [0.15, 0.2) is 28.9 Å². The molecule has 0 saturated heterocycles. The summed E-state index contributed by atoms with van der Waals surface area (Å²) in [7, 11) is 0. The van der Waals surface area contributed by atoms with E-state index in [4.69, 9.17) is 19.6 Å². The number of nitrogen functional groups attached to an aromatic ring is 1. The molecule has 19 heavy (non-hydrogen) atoms. The quantitative estimate of drug-likeness (QED) is 0.673. The van der Waals surface area contributed by atoms with Gasteiger partial charge < -0.3 is 19.6 Å². The molecular weight excluding hydrogens is 248 g/mol. The van der Waals surface area contributed by atoms with Crippen LogP contribution in [0.4, 0.5) is 5.69 Å². The standard InChI is InChI=1S/C13H14N2O4/c1-3-17-12(16)9-7-18-13(15-9)19-10-6-4-5-8(2)11(10)14/h4-7H,3,14H2,1-2H3. The molecule has 0 aliphatic rings. The number of hydrogen-bond acceptors (Lipinski definition) is 6. The Bertz CT molecular complexity index is 592. The monoisotopic (exact) mass is 262 g/mol. The fraction of sp³-hybridized carbons (Fsp3) is 0.231. The number of para-hydroxylation sites is 1. The molecule has 2 N–H and O–H groups in total. The van der Waals surface area contributed by atoms with Gasteiger partial charge in [0.25, 0.3) is 0 Å². The maximum absolute atomic E-state index is 11.4. The highest BCUT2D eigenvalue weighted by Crippen LogP contribution is 2.29. The SMILES string of the molecule is CCOC(=O)c1coc(Oc2cccc(C)c2N)n1. The molecule has 6 heteroatoms. The molecule has 1 heterocycles. The highest BCUT2D eigenvalue weighted by atomic mass is 16.6. The lowest BCUT2D eigenvalue weighted by Gasteiger charge is -2.06. The van der Waals surface area contributed by atoms with Gasteiger partial charge in [-0.1, -0.05) is 12.1 Å². The van der Waals surface area contributed by atoms with Crippen LogP contribution in [-0.2, 0) is 4.74 Å². The summed E-state index contributed by atoms with van der Waals surface area (Å²) in [5.41, 5.74) is 7.30. The number of carbonyl (C=O) groups excluding carboxylic acids is 1. The minimum Gasteiger partial charge on any atom is -0.461 e. The largest absolute Gasteiger partial charge is 0.461 e. The number of anilines is 1. The molecule has 0 bridgehead atoms. The van der Waals surface area contributed by atoms with Crippen molar-refractivity contribution >= 4 is 11.7 Å². The number of hydrogen-bond donors (Lipinski definition) is 1. The second-order valence-electron chi connectivity index (χ2n) is 3.81. The third-order valence-electron chi connectivity index (χ3n) is 2.45. The Morgan fingerprint density at radius 1 is 1.47 bits per heavy atom. The van der Waals surface area contributed by atoms with Crippen LogP contribution in [0.25, 0.3) is 0 Å². The second-order valence-corrected chi connectivity index (χ2v) is 3.81. The summed E-state index contributed by atoms with van der Waals surface area (Å²) in [5, 5.41) is 0. The Kier molecular flexibility index (Phi) is 3.70. The Balaban J connectivity index is 2.16. The van der Waals surface area contributed by atoms with Gasteiger partial charge in [0.05, 0.1) is 12.3 Å². The highest BCUT2D eigenvalue weighted by Gasteiger charge is 2.15. The van der Waals surface area contributed by atoms with Crippen molar-refractivity contribution in [1.29, 1.82) is 0 Å². The van der Waals surface area contributed by atoms with E-state index in [1.165, 1.54) is 6.26 Å². The van der Waals surface area contributed by atoms with E-state index in [0.29, 0.717) is 11.4 Å². The zero-order chi connectivity index (χ0) is 13.8. The number of aryl methyl sites for hydroxylation is 1. The molecular formula is C13H14N2O4. The van der Waals surface area contributed by atoms with Crippen molar-refractivity contribution in [2.24, 2.45) is 0 Å². The van der Waals surface area contributed by atoms with Crippen LogP contribution in [0.5, 0.6) is 11.8 Å². The van der Waals surface area contributed by atoms with E-state index in [-0.39, 0.29) is 18.4 Å². The summed E-state index contributed by atoms with van der Waals surface area (Å²) in [5.74, 6) is -0.129. The highest BCUT2D eigenvalue weighted by molar-refractivity contribution is 5.86. The molecule has 0 spiro atoms. The minimum absolute atomic E-state index is 0.0552. The number of benzene rings is 1. The van der Waals surface area contributed by atoms with Gasteiger partial charge in [-0.3, -0.25) is 0 Å². The third kappa shape index (κ3) is 2.85. The van der Waals surface area contributed by atoms with E-state index in [1.54, 1.807) is 19.1 Å². The molecule has 6 nitrogen and oxygen atoms in total. The summed E-state index contributed by atoms with van der Waals surface area (Å²) in [4.78, 5) is 15.3. The average Bonchev–Trinajstić information content (AvgIpc) is 2.84. The first-order valence-electron chi connectivity index (χ1n) is 5.77. The summed E-state index contributed by atoms with van der Waals surface area (Å²) in [6.07, 6.45) is 1.12. The molecule has 0 amide bonds. The van der Waals surface area contributed by atoms with Gasteiger partial charge >= 0.3 is 12.0 Å². The molecule has 0 saturated carbocycles. The number of aromatic nitrogens is 1. The van der Waals surface area contributed by atoms with E-state index in [0.717, 1.165) is 5.56 Å². The van der Waals surface area contributed by atoms with E-state index in [2.05, 4.69) is 4.98 Å². The Hall–Kier alpha value is -2.50. The smallest absolute Gasteiger partial charge is 0.399 e. The normalized spacial score (nSPS) is 10.2. The van der Waals surface area contributed by atoms with Crippen molar-refractivity contribution in [3.8, 4) is 11.8 Å². The molecule has 0 atom stereocenters. The van der Waals surface area contributed by atoms with Gasteiger partial charge in [-0.25, -0.2) is 4.79 Å². The lowest BCUT2D eigenvalue weighted by molar-refractivity contribution is 0.0519. The van der Waals surface area contributed by atoms with Gasteiger partial charge in [0, 0.05) is 0 Å². The molecule has 0 radical (unpaired) electrons.